The SMILES string of the molecule is Cc1ccc(S(=O)(=O)Nc2ccc(CCNC3c4ccc(Cl)cc4OC(C)(C)C3O)cc2)cc1.Cl. The molecule has 2 atom stereocenters. The molecule has 2 unspecified atom stereocenters. The minimum Gasteiger partial charge on any atom is -0.485 e. The maximum atomic E-state index is 12.6. The number of benzene rings is 3. The van der Waals surface area contributed by atoms with E-state index in [1.165, 1.54) is 0 Å². The van der Waals surface area contributed by atoms with Crippen LogP contribution >= 0.6 is 24.0 Å². The second kappa shape index (κ2) is 10.8. The first-order valence-corrected chi connectivity index (χ1v) is 13.0. The normalized spacial score (nSPS) is 18.7. The van der Waals surface area contributed by atoms with Crippen LogP contribution in [0.25, 0.3) is 0 Å². The highest BCUT2D eigenvalue weighted by Gasteiger charge is 2.42. The Balaban J connectivity index is 0.00000342. The van der Waals surface area contributed by atoms with E-state index in [2.05, 4.69) is 10.0 Å². The molecule has 1 heterocycles. The maximum absolute atomic E-state index is 12.6. The summed E-state index contributed by atoms with van der Waals surface area (Å²) in [6.07, 6.45) is -0.0296. The van der Waals surface area contributed by atoms with Gasteiger partial charge in [0, 0.05) is 16.3 Å². The molecule has 1 aliphatic rings. The van der Waals surface area contributed by atoms with Crippen LogP contribution in [0.2, 0.25) is 5.02 Å². The zero-order valence-electron chi connectivity index (χ0n) is 19.8. The molecular weight excluding hydrogens is 507 g/mol. The van der Waals surface area contributed by atoms with Crippen molar-refractivity contribution in [2.45, 2.75) is 49.8 Å². The van der Waals surface area contributed by atoms with Gasteiger partial charge in [0.25, 0.3) is 10.0 Å². The van der Waals surface area contributed by atoms with Gasteiger partial charge in [-0.1, -0.05) is 47.5 Å². The molecule has 0 saturated heterocycles. The fourth-order valence-electron chi connectivity index (χ4n) is 4.03. The molecule has 3 N–H and O–H groups in total. The molecule has 0 fully saturated rings. The first-order chi connectivity index (χ1) is 16.0. The predicted octanol–water partition coefficient (Wildman–Crippen LogP) is 5.28. The summed E-state index contributed by atoms with van der Waals surface area (Å²) in [6, 6.07) is 19.2. The Morgan fingerprint density at radius 3 is 2.34 bits per heavy atom. The molecule has 188 valence electrons. The van der Waals surface area contributed by atoms with E-state index < -0.39 is 21.7 Å². The van der Waals surface area contributed by atoms with Gasteiger partial charge in [-0.3, -0.25) is 4.72 Å². The number of aliphatic hydroxyl groups excluding tert-OH is 1. The number of halogens is 2. The standard InChI is InChI=1S/C26H29ClN2O4S.ClH/c1-17-4-11-21(12-5-17)34(31,32)29-20-9-6-18(7-10-20)14-15-28-24-22-13-8-19(27)16-23(22)33-26(2,3)25(24)30;/h4-13,16,24-25,28-30H,14-15H2,1-3H3;1H. The molecule has 0 spiro atoms. The number of nitrogens with one attached hydrogen (secondary N) is 2. The number of aryl methyl sites for hydroxylation is 1. The van der Waals surface area contributed by atoms with Crippen LogP contribution in [-0.2, 0) is 16.4 Å². The number of sulfonamides is 1. The van der Waals surface area contributed by atoms with E-state index in [1.54, 1.807) is 48.5 Å². The van der Waals surface area contributed by atoms with Gasteiger partial charge < -0.3 is 15.2 Å². The van der Waals surface area contributed by atoms with Crippen molar-refractivity contribution in [2.24, 2.45) is 0 Å². The van der Waals surface area contributed by atoms with E-state index in [0.29, 0.717) is 29.4 Å². The van der Waals surface area contributed by atoms with Gasteiger partial charge in [0.2, 0.25) is 0 Å². The van der Waals surface area contributed by atoms with E-state index in [9.17, 15) is 13.5 Å². The molecule has 9 heteroatoms. The Morgan fingerprint density at radius 2 is 1.69 bits per heavy atom. The van der Waals surface area contributed by atoms with Gasteiger partial charge in [0.05, 0.1) is 10.9 Å². The molecule has 35 heavy (non-hydrogen) atoms. The molecule has 3 aromatic rings. The second-order valence-corrected chi connectivity index (χ2v) is 11.2. The van der Waals surface area contributed by atoms with Crippen LogP contribution in [0.15, 0.2) is 71.6 Å². The van der Waals surface area contributed by atoms with Crippen molar-refractivity contribution < 1.29 is 18.3 Å². The number of ether oxygens (including phenoxy) is 1. The molecule has 0 aliphatic carbocycles. The van der Waals surface area contributed by atoms with Crippen molar-refractivity contribution in [3.8, 4) is 5.75 Å². The van der Waals surface area contributed by atoms with E-state index in [0.717, 1.165) is 16.7 Å². The van der Waals surface area contributed by atoms with Crippen molar-refractivity contribution in [2.75, 3.05) is 11.3 Å². The lowest BCUT2D eigenvalue weighted by molar-refractivity contribution is -0.0643. The number of hydrogen-bond acceptors (Lipinski definition) is 5. The average molecular weight is 538 g/mol. The summed E-state index contributed by atoms with van der Waals surface area (Å²) in [4.78, 5) is 0.228. The van der Waals surface area contributed by atoms with Crippen molar-refractivity contribution >= 4 is 39.7 Å². The fraction of sp³-hybridized carbons (Fsp3) is 0.308. The predicted molar refractivity (Wildman–Crippen MR) is 142 cm³/mol. The quantitative estimate of drug-likeness (QED) is 0.382. The Kier molecular flexibility index (Phi) is 8.40. The molecule has 1 aliphatic heterocycles. The summed E-state index contributed by atoms with van der Waals surface area (Å²) in [7, 11) is -3.63. The second-order valence-electron chi connectivity index (χ2n) is 9.13. The Hall–Kier alpha value is -2.29. The lowest BCUT2D eigenvalue weighted by atomic mass is 9.86. The summed E-state index contributed by atoms with van der Waals surface area (Å²) >= 11 is 6.13. The number of hydrogen-bond donors (Lipinski definition) is 3. The molecule has 0 saturated carbocycles. The minimum absolute atomic E-state index is 0. The zero-order chi connectivity index (χ0) is 24.5. The number of aliphatic hydroxyl groups is 1. The molecule has 0 radical (unpaired) electrons. The van der Waals surface area contributed by atoms with Crippen molar-refractivity contribution in [1.29, 1.82) is 0 Å². The summed E-state index contributed by atoms with van der Waals surface area (Å²) in [5.74, 6) is 0.672. The van der Waals surface area contributed by atoms with Crippen LogP contribution in [0.4, 0.5) is 5.69 Å². The van der Waals surface area contributed by atoms with E-state index in [4.69, 9.17) is 16.3 Å². The maximum Gasteiger partial charge on any atom is 0.261 e. The number of fused-ring (bicyclic) bond motifs is 1. The lowest BCUT2D eigenvalue weighted by Crippen LogP contribution is -2.52. The summed E-state index contributed by atoms with van der Waals surface area (Å²) in [5, 5.41) is 14.9. The fourth-order valence-corrected chi connectivity index (χ4v) is 5.25. The van der Waals surface area contributed by atoms with Crippen LogP contribution < -0.4 is 14.8 Å². The van der Waals surface area contributed by atoms with Gasteiger partial charge in [0.1, 0.15) is 17.5 Å². The van der Waals surface area contributed by atoms with Gasteiger partial charge in [-0.05, 0) is 75.7 Å². The molecule has 6 nitrogen and oxygen atoms in total. The molecule has 3 aromatic carbocycles. The highest BCUT2D eigenvalue weighted by molar-refractivity contribution is 7.92. The van der Waals surface area contributed by atoms with Gasteiger partial charge in [0.15, 0.2) is 0 Å². The van der Waals surface area contributed by atoms with Gasteiger partial charge >= 0.3 is 0 Å². The Bertz CT molecular complexity index is 1260. The molecular formula is C26H30Cl2N2O4S. The third kappa shape index (κ3) is 6.29. The van der Waals surface area contributed by atoms with Crippen LogP contribution in [0.1, 0.15) is 36.6 Å². The van der Waals surface area contributed by atoms with E-state index >= 15 is 0 Å². The van der Waals surface area contributed by atoms with Gasteiger partial charge in [-0.25, -0.2) is 8.42 Å². The lowest BCUT2D eigenvalue weighted by Gasteiger charge is -2.42. The zero-order valence-corrected chi connectivity index (χ0v) is 22.2. The summed E-state index contributed by atoms with van der Waals surface area (Å²) in [6.45, 7) is 6.24. The monoisotopic (exact) mass is 536 g/mol. The summed E-state index contributed by atoms with van der Waals surface area (Å²) < 4.78 is 33.8. The molecule has 0 aromatic heterocycles. The highest BCUT2D eigenvalue weighted by atomic mass is 35.5. The highest BCUT2D eigenvalue weighted by Crippen LogP contribution is 2.40. The number of rotatable bonds is 7. The van der Waals surface area contributed by atoms with Gasteiger partial charge in [-0.2, -0.15) is 0 Å². The third-order valence-corrected chi connectivity index (χ3v) is 7.66. The van der Waals surface area contributed by atoms with E-state index in [-0.39, 0.29) is 23.3 Å². The smallest absolute Gasteiger partial charge is 0.261 e. The van der Waals surface area contributed by atoms with Crippen LogP contribution in [0, 0.1) is 6.92 Å². The summed E-state index contributed by atoms with van der Waals surface area (Å²) in [5.41, 5.74) is 2.66. The molecule has 0 bridgehead atoms. The average Bonchev–Trinajstić information content (AvgIpc) is 2.77. The first kappa shape index (κ1) is 27.3. The van der Waals surface area contributed by atoms with Crippen LogP contribution in [0.3, 0.4) is 0 Å². The van der Waals surface area contributed by atoms with Crippen molar-refractivity contribution in [3.63, 3.8) is 0 Å². The Morgan fingerprint density at radius 1 is 1.03 bits per heavy atom. The molecule has 4 rings (SSSR count). The van der Waals surface area contributed by atoms with Gasteiger partial charge in [-0.15, -0.1) is 12.4 Å². The molecule has 0 amide bonds. The first-order valence-electron chi connectivity index (χ1n) is 11.1. The Labute approximate surface area is 218 Å². The van der Waals surface area contributed by atoms with Crippen LogP contribution in [0.5, 0.6) is 5.75 Å². The largest absolute Gasteiger partial charge is 0.485 e. The van der Waals surface area contributed by atoms with E-state index in [1.807, 2.05) is 39.0 Å². The number of anilines is 1. The van der Waals surface area contributed by atoms with Crippen molar-refractivity contribution in [3.05, 3.63) is 88.4 Å². The van der Waals surface area contributed by atoms with Crippen LogP contribution in [-0.4, -0.2) is 31.8 Å². The van der Waals surface area contributed by atoms with Crippen molar-refractivity contribution in [1.82, 2.24) is 5.32 Å². The topological polar surface area (TPSA) is 87.7 Å². The minimum atomic E-state index is -3.63. The third-order valence-electron chi connectivity index (χ3n) is 6.03.